The minimum Gasteiger partial charge on any atom is -0.481 e. The zero-order valence-electron chi connectivity index (χ0n) is 12.5. The first kappa shape index (κ1) is 15.0. The van der Waals surface area contributed by atoms with Crippen LogP contribution in [0.15, 0.2) is 18.2 Å². The van der Waals surface area contributed by atoms with E-state index in [1.54, 1.807) is 14.0 Å². The highest BCUT2D eigenvalue weighted by atomic mass is 16.5. The van der Waals surface area contributed by atoms with Gasteiger partial charge in [0.1, 0.15) is 5.78 Å². The standard InChI is InChI=1S/C16H24N2O2/c1-13(19)11-15-8-4-3-5-10-18(15)12-14-7-6-9-16(17-14)20-2/h6-7,9,15H,3-5,8,10-12H2,1-2H3. The molecule has 2 heterocycles. The molecular weight excluding hydrogens is 252 g/mol. The number of carbonyl (C=O) groups excluding carboxylic acids is 1. The van der Waals surface area contributed by atoms with E-state index in [0.29, 0.717) is 18.3 Å². The van der Waals surface area contributed by atoms with Gasteiger partial charge in [0.25, 0.3) is 0 Å². The summed E-state index contributed by atoms with van der Waals surface area (Å²) in [6.45, 7) is 3.54. The van der Waals surface area contributed by atoms with Crippen LogP contribution in [0, 0.1) is 0 Å². The molecule has 110 valence electrons. The number of nitrogens with zero attached hydrogens (tertiary/aromatic N) is 2. The molecule has 0 saturated carbocycles. The Bertz CT molecular complexity index is 448. The van der Waals surface area contributed by atoms with Crippen molar-refractivity contribution in [2.45, 2.75) is 51.6 Å². The number of methoxy groups -OCH3 is 1. The molecule has 1 fully saturated rings. The predicted octanol–water partition coefficient (Wildman–Crippen LogP) is 2.81. The van der Waals surface area contributed by atoms with Gasteiger partial charge < -0.3 is 4.74 Å². The number of likely N-dealkylation sites (tertiary alicyclic amines) is 1. The smallest absolute Gasteiger partial charge is 0.213 e. The Morgan fingerprint density at radius 3 is 3.00 bits per heavy atom. The molecule has 1 atom stereocenters. The fraction of sp³-hybridized carbons (Fsp3) is 0.625. The number of hydrogen-bond acceptors (Lipinski definition) is 4. The van der Waals surface area contributed by atoms with Crippen molar-refractivity contribution >= 4 is 5.78 Å². The molecule has 1 saturated heterocycles. The lowest BCUT2D eigenvalue weighted by Gasteiger charge is -2.29. The number of aromatic nitrogens is 1. The SMILES string of the molecule is COc1cccc(CN2CCCCCC2CC(C)=O)n1. The highest BCUT2D eigenvalue weighted by Gasteiger charge is 2.22. The van der Waals surface area contributed by atoms with Gasteiger partial charge in [-0.15, -0.1) is 0 Å². The van der Waals surface area contributed by atoms with Crippen LogP contribution in [0.25, 0.3) is 0 Å². The topological polar surface area (TPSA) is 42.4 Å². The molecule has 0 aliphatic carbocycles. The van der Waals surface area contributed by atoms with E-state index >= 15 is 0 Å². The van der Waals surface area contributed by atoms with Gasteiger partial charge in [-0.2, -0.15) is 0 Å². The third-order valence-corrected chi connectivity index (χ3v) is 3.88. The molecule has 2 rings (SSSR count). The fourth-order valence-electron chi connectivity index (χ4n) is 2.88. The lowest BCUT2D eigenvalue weighted by molar-refractivity contribution is -0.118. The average molecular weight is 276 g/mol. The van der Waals surface area contributed by atoms with E-state index in [1.807, 2.05) is 18.2 Å². The number of ether oxygens (including phenoxy) is 1. The number of Topliss-reactive ketones (excluding diaryl/α,β-unsaturated/α-hetero) is 1. The van der Waals surface area contributed by atoms with Crippen molar-refractivity contribution in [3.8, 4) is 5.88 Å². The van der Waals surface area contributed by atoms with Crippen molar-refractivity contribution in [3.63, 3.8) is 0 Å². The van der Waals surface area contributed by atoms with Crippen LogP contribution in [0.5, 0.6) is 5.88 Å². The fourth-order valence-corrected chi connectivity index (χ4v) is 2.88. The third-order valence-electron chi connectivity index (χ3n) is 3.88. The summed E-state index contributed by atoms with van der Waals surface area (Å²) in [5.41, 5.74) is 1.01. The molecule has 1 unspecified atom stereocenters. The quantitative estimate of drug-likeness (QED) is 0.829. The average Bonchev–Trinajstić information content (AvgIpc) is 2.64. The molecule has 0 amide bonds. The molecule has 0 bridgehead atoms. The summed E-state index contributed by atoms with van der Waals surface area (Å²) >= 11 is 0. The summed E-state index contributed by atoms with van der Waals surface area (Å²) in [6, 6.07) is 6.22. The van der Waals surface area contributed by atoms with E-state index in [0.717, 1.165) is 25.2 Å². The van der Waals surface area contributed by atoms with E-state index in [-0.39, 0.29) is 5.78 Å². The summed E-state index contributed by atoms with van der Waals surface area (Å²) in [5, 5.41) is 0. The molecule has 20 heavy (non-hydrogen) atoms. The van der Waals surface area contributed by atoms with Crippen molar-refractivity contribution in [2.24, 2.45) is 0 Å². The van der Waals surface area contributed by atoms with Crippen LogP contribution >= 0.6 is 0 Å². The second-order valence-electron chi connectivity index (χ2n) is 5.55. The summed E-state index contributed by atoms with van der Waals surface area (Å²) in [7, 11) is 1.64. The number of hydrogen-bond donors (Lipinski definition) is 0. The molecule has 0 spiro atoms. The molecule has 1 aliphatic rings. The van der Waals surface area contributed by atoms with E-state index < -0.39 is 0 Å². The van der Waals surface area contributed by atoms with E-state index in [1.165, 1.54) is 19.3 Å². The van der Waals surface area contributed by atoms with Crippen LogP contribution in [0.4, 0.5) is 0 Å². The van der Waals surface area contributed by atoms with Crippen molar-refractivity contribution in [2.75, 3.05) is 13.7 Å². The second-order valence-corrected chi connectivity index (χ2v) is 5.55. The number of rotatable bonds is 5. The number of pyridine rings is 1. The Hall–Kier alpha value is -1.42. The normalized spacial score (nSPS) is 20.4. The maximum absolute atomic E-state index is 11.5. The van der Waals surface area contributed by atoms with Gasteiger partial charge in [-0.3, -0.25) is 9.69 Å². The van der Waals surface area contributed by atoms with Gasteiger partial charge in [0, 0.05) is 25.1 Å². The maximum atomic E-state index is 11.5. The molecule has 1 aromatic rings. The monoisotopic (exact) mass is 276 g/mol. The van der Waals surface area contributed by atoms with Crippen molar-refractivity contribution in [3.05, 3.63) is 23.9 Å². The van der Waals surface area contributed by atoms with E-state index in [4.69, 9.17) is 4.74 Å². The van der Waals surface area contributed by atoms with Gasteiger partial charge >= 0.3 is 0 Å². The van der Waals surface area contributed by atoms with Crippen LogP contribution in [-0.4, -0.2) is 35.4 Å². The second kappa shape index (κ2) is 7.39. The lowest BCUT2D eigenvalue weighted by atomic mass is 10.0. The van der Waals surface area contributed by atoms with Crippen molar-refractivity contribution in [1.82, 2.24) is 9.88 Å². The minimum absolute atomic E-state index is 0.278. The first-order valence-corrected chi connectivity index (χ1v) is 7.42. The first-order chi connectivity index (χ1) is 9.69. The zero-order valence-corrected chi connectivity index (χ0v) is 12.5. The van der Waals surface area contributed by atoms with Gasteiger partial charge in [-0.1, -0.05) is 18.9 Å². The molecule has 4 nitrogen and oxygen atoms in total. The summed E-state index contributed by atoms with van der Waals surface area (Å²) in [6.07, 6.45) is 5.46. The summed E-state index contributed by atoms with van der Waals surface area (Å²) in [5.74, 6) is 0.931. The van der Waals surface area contributed by atoms with Crippen LogP contribution in [0.2, 0.25) is 0 Å². The largest absolute Gasteiger partial charge is 0.481 e. The predicted molar refractivity (Wildman–Crippen MR) is 78.8 cm³/mol. The van der Waals surface area contributed by atoms with Crippen molar-refractivity contribution in [1.29, 1.82) is 0 Å². The van der Waals surface area contributed by atoms with Gasteiger partial charge in [0.05, 0.1) is 12.8 Å². The van der Waals surface area contributed by atoms with E-state index in [2.05, 4.69) is 9.88 Å². The number of carbonyl (C=O) groups is 1. The zero-order chi connectivity index (χ0) is 14.4. The number of ketones is 1. The van der Waals surface area contributed by atoms with Crippen LogP contribution in [0.3, 0.4) is 0 Å². The van der Waals surface area contributed by atoms with Gasteiger partial charge in [-0.05, 0) is 32.4 Å². The Kier molecular flexibility index (Phi) is 5.53. The lowest BCUT2D eigenvalue weighted by Crippen LogP contribution is -2.35. The van der Waals surface area contributed by atoms with Gasteiger partial charge in [-0.25, -0.2) is 4.98 Å². The molecule has 4 heteroatoms. The molecule has 1 aromatic heterocycles. The molecule has 0 N–H and O–H groups in total. The van der Waals surface area contributed by atoms with Crippen LogP contribution in [0.1, 0.15) is 44.7 Å². The Morgan fingerprint density at radius 2 is 2.25 bits per heavy atom. The molecule has 0 aromatic carbocycles. The van der Waals surface area contributed by atoms with Crippen LogP contribution in [-0.2, 0) is 11.3 Å². The molecular formula is C16H24N2O2. The van der Waals surface area contributed by atoms with Gasteiger partial charge in [0.2, 0.25) is 5.88 Å². The maximum Gasteiger partial charge on any atom is 0.213 e. The minimum atomic E-state index is 0.278. The van der Waals surface area contributed by atoms with E-state index in [9.17, 15) is 4.79 Å². The molecule has 0 radical (unpaired) electrons. The summed E-state index contributed by atoms with van der Waals surface area (Å²) in [4.78, 5) is 18.4. The van der Waals surface area contributed by atoms with Crippen LogP contribution < -0.4 is 4.74 Å². The third kappa shape index (κ3) is 4.30. The Morgan fingerprint density at radius 1 is 1.40 bits per heavy atom. The van der Waals surface area contributed by atoms with Gasteiger partial charge in [0.15, 0.2) is 0 Å². The first-order valence-electron chi connectivity index (χ1n) is 7.42. The highest BCUT2D eigenvalue weighted by Crippen LogP contribution is 2.21. The van der Waals surface area contributed by atoms with Crippen molar-refractivity contribution < 1.29 is 9.53 Å². The Balaban J connectivity index is 2.07. The summed E-state index contributed by atoms with van der Waals surface area (Å²) < 4.78 is 5.18. The highest BCUT2D eigenvalue weighted by molar-refractivity contribution is 5.76. The molecule has 1 aliphatic heterocycles. The Labute approximate surface area is 121 Å².